The first-order valence-electron chi connectivity index (χ1n) is 4.79. The molecule has 16 heavy (non-hydrogen) atoms. The molecule has 0 spiro atoms. The van der Waals surface area contributed by atoms with Crippen LogP contribution in [0.15, 0.2) is 22.7 Å². The van der Waals surface area contributed by atoms with Crippen LogP contribution in [0.3, 0.4) is 0 Å². The highest BCUT2D eigenvalue weighted by atomic mass is 79.9. The molecular weight excluding hydrogens is 279 g/mol. The highest BCUT2D eigenvalue weighted by molar-refractivity contribution is 9.10. The molecule has 2 unspecified atom stereocenters. The third-order valence-electron chi connectivity index (χ3n) is 2.49. The zero-order valence-corrected chi connectivity index (χ0v) is 10.2. The molecule has 0 N–H and O–H groups in total. The number of hydrogen-bond donors (Lipinski definition) is 0. The molecule has 0 aliphatic heterocycles. The van der Waals surface area contributed by atoms with Gasteiger partial charge in [0.2, 0.25) is 0 Å². The fourth-order valence-electron chi connectivity index (χ4n) is 1.58. The second kappa shape index (κ2) is 4.51. The minimum absolute atomic E-state index is 0.0358. The van der Waals surface area contributed by atoms with Crippen molar-refractivity contribution in [3.63, 3.8) is 0 Å². The van der Waals surface area contributed by atoms with E-state index in [1.807, 2.05) is 0 Å². The molecule has 2 atom stereocenters. The van der Waals surface area contributed by atoms with Crippen LogP contribution in [0.5, 0.6) is 5.75 Å². The summed E-state index contributed by atoms with van der Waals surface area (Å²) < 4.78 is 23.8. The van der Waals surface area contributed by atoms with Crippen molar-refractivity contribution in [2.45, 2.75) is 18.6 Å². The maximum absolute atomic E-state index is 13.0. The summed E-state index contributed by atoms with van der Waals surface area (Å²) in [7, 11) is 1.47. The van der Waals surface area contributed by atoms with Gasteiger partial charge in [-0.3, -0.25) is 4.79 Å². The largest absolute Gasteiger partial charge is 0.487 e. The van der Waals surface area contributed by atoms with Crippen LogP contribution in [0.2, 0.25) is 0 Å². The van der Waals surface area contributed by atoms with Gasteiger partial charge in [-0.2, -0.15) is 0 Å². The van der Waals surface area contributed by atoms with E-state index in [1.165, 1.54) is 25.3 Å². The van der Waals surface area contributed by atoms with E-state index in [4.69, 9.17) is 9.47 Å². The zero-order valence-electron chi connectivity index (χ0n) is 8.57. The van der Waals surface area contributed by atoms with Gasteiger partial charge in [0.25, 0.3) is 0 Å². The van der Waals surface area contributed by atoms with Gasteiger partial charge < -0.3 is 9.47 Å². The molecule has 0 radical (unpaired) electrons. The summed E-state index contributed by atoms with van der Waals surface area (Å²) in [6.45, 7) is 0. The molecule has 0 bridgehead atoms. The first-order valence-corrected chi connectivity index (χ1v) is 5.58. The van der Waals surface area contributed by atoms with Gasteiger partial charge in [-0.1, -0.05) is 0 Å². The number of ether oxygens (including phenoxy) is 2. The Labute approximate surface area is 101 Å². The zero-order chi connectivity index (χ0) is 11.7. The van der Waals surface area contributed by atoms with Crippen LogP contribution in [0.25, 0.3) is 0 Å². The van der Waals surface area contributed by atoms with Crippen LogP contribution in [0.1, 0.15) is 6.42 Å². The van der Waals surface area contributed by atoms with Crippen molar-refractivity contribution in [3.05, 3.63) is 28.5 Å². The first kappa shape index (κ1) is 11.5. The number of Topliss-reactive ketones (excluding diaryl/α,β-unsaturated/α-hetero) is 1. The van der Waals surface area contributed by atoms with Gasteiger partial charge >= 0.3 is 0 Å². The minimum Gasteiger partial charge on any atom is -0.487 e. The Morgan fingerprint density at radius 3 is 2.81 bits per heavy atom. The van der Waals surface area contributed by atoms with Crippen LogP contribution in [-0.4, -0.2) is 25.1 Å². The van der Waals surface area contributed by atoms with Crippen LogP contribution < -0.4 is 4.74 Å². The topological polar surface area (TPSA) is 35.5 Å². The fraction of sp³-hybridized carbons (Fsp3) is 0.364. The smallest absolute Gasteiger partial charge is 0.169 e. The average molecular weight is 289 g/mol. The first-order chi connectivity index (χ1) is 7.61. The number of hydrogen-bond acceptors (Lipinski definition) is 3. The highest BCUT2D eigenvalue weighted by Crippen LogP contribution is 2.28. The predicted molar refractivity (Wildman–Crippen MR) is 58.9 cm³/mol. The average Bonchev–Trinajstić information content (AvgIpc) is 2.23. The third kappa shape index (κ3) is 2.10. The molecule has 0 heterocycles. The van der Waals surface area contributed by atoms with E-state index in [0.29, 0.717) is 16.6 Å². The van der Waals surface area contributed by atoms with Crippen LogP contribution in [0.4, 0.5) is 4.39 Å². The molecule has 3 nitrogen and oxygen atoms in total. The van der Waals surface area contributed by atoms with Gasteiger partial charge in [0.1, 0.15) is 17.7 Å². The van der Waals surface area contributed by atoms with Crippen LogP contribution in [0, 0.1) is 5.82 Å². The molecule has 1 saturated carbocycles. The van der Waals surface area contributed by atoms with Crippen molar-refractivity contribution < 1.29 is 18.7 Å². The van der Waals surface area contributed by atoms with Crippen molar-refractivity contribution in [1.29, 1.82) is 0 Å². The van der Waals surface area contributed by atoms with Crippen LogP contribution >= 0.6 is 15.9 Å². The molecule has 0 aromatic heterocycles. The molecule has 5 heteroatoms. The fourth-order valence-corrected chi connectivity index (χ4v) is 1.94. The summed E-state index contributed by atoms with van der Waals surface area (Å²) in [5, 5.41) is 0. The lowest BCUT2D eigenvalue weighted by Crippen LogP contribution is -2.51. The Balaban J connectivity index is 2.05. The van der Waals surface area contributed by atoms with E-state index in [1.54, 1.807) is 0 Å². The van der Waals surface area contributed by atoms with E-state index in [9.17, 15) is 9.18 Å². The molecular formula is C11H10BrFO3. The second-order valence-corrected chi connectivity index (χ2v) is 4.41. The standard InChI is InChI=1S/C11H10BrFO3/c1-15-11-9(14)5-10(11)16-6-2-3-8(13)7(12)4-6/h2-4,10-11H,5H2,1H3. The minimum atomic E-state index is -0.496. The summed E-state index contributed by atoms with van der Waals surface area (Å²) in [5.74, 6) is 0.210. The SMILES string of the molecule is COC1C(=O)CC1Oc1ccc(F)c(Br)c1. The normalized spacial score (nSPS) is 24.1. The number of methoxy groups -OCH3 is 1. The monoisotopic (exact) mass is 288 g/mol. The number of benzene rings is 1. The van der Waals surface area contributed by atoms with E-state index in [-0.39, 0.29) is 17.7 Å². The van der Waals surface area contributed by atoms with E-state index in [0.717, 1.165) is 0 Å². The summed E-state index contributed by atoms with van der Waals surface area (Å²) in [6.07, 6.45) is -0.424. The van der Waals surface area contributed by atoms with Crippen molar-refractivity contribution in [1.82, 2.24) is 0 Å². The maximum atomic E-state index is 13.0. The highest BCUT2D eigenvalue weighted by Gasteiger charge is 2.41. The summed E-state index contributed by atoms with van der Waals surface area (Å²) in [6, 6.07) is 4.36. The Morgan fingerprint density at radius 1 is 1.50 bits per heavy atom. The predicted octanol–water partition coefficient (Wildman–Crippen LogP) is 2.32. The van der Waals surface area contributed by atoms with Gasteiger partial charge in [-0.25, -0.2) is 4.39 Å². The molecule has 1 aliphatic carbocycles. The Morgan fingerprint density at radius 2 is 2.25 bits per heavy atom. The van der Waals surface area contributed by atoms with E-state index >= 15 is 0 Å². The van der Waals surface area contributed by atoms with E-state index < -0.39 is 6.10 Å². The van der Waals surface area contributed by atoms with Crippen LogP contribution in [-0.2, 0) is 9.53 Å². The maximum Gasteiger partial charge on any atom is 0.169 e. The molecule has 1 aromatic carbocycles. The van der Waals surface area contributed by atoms with Gasteiger partial charge in [-0.05, 0) is 34.1 Å². The van der Waals surface area contributed by atoms with Gasteiger partial charge in [0.05, 0.1) is 4.47 Å². The van der Waals surface area contributed by atoms with Crippen molar-refractivity contribution in [3.8, 4) is 5.75 Å². The van der Waals surface area contributed by atoms with Gasteiger partial charge in [-0.15, -0.1) is 0 Å². The number of carbonyl (C=O) groups excluding carboxylic acids is 1. The van der Waals surface area contributed by atoms with Crippen molar-refractivity contribution in [2.75, 3.05) is 7.11 Å². The van der Waals surface area contributed by atoms with Crippen molar-refractivity contribution in [2.24, 2.45) is 0 Å². The van der Waals surface area contributed by atoms with Crippen molar-refractivity contribution >= 4 is 21.7 Å². The second-order valence-electron chi connectivity index (χ2n) is 3.56. The quantitative estimate of drug-likeness (QED) is 0.856. The summed E-state index contributed by atoms with van der Waals surface area (Å²) in [4.78, 5) is 11.1. The van der Waals surface area contributed by atoms with Gasteiger partial charge in [0.15, 0.2) is 11.9 Å². The number of halogens is 2. The Bertz CT molecular complexity index is 422. The molecule has 86 valence electrons. The third-order valence-corrected chi connectivity index (χ3v) is 3.10. The Hall–Kier alpha value is -0.940. The molecule has 1 aromatic rings. The molecule has 1 fully saturated rings. The molecule has 0 amide bonds. The number of ketones is 1. The summed E-state index contributed by atoms with van der Waals surface area (Å²) >= 11 is 3.07. The molecule has 1 aliphatic rings. The lowest BCUT2D eigenvalue weighted by atomic mass is 9.90. The summed E-state index contributed by atoms with van der Waals surface area (Å²) in [5.41, 5.74) is 0. The lowest BCUT2D eigenvalue weighted by Gasteiger charge is -2.33. The Kier molecular flexibility index (Phi) is 3.25. The lowest BCUT2D eigenvalue weighted by molar-refractivity contribution is -0.150. The van der Waals surface area contributed by atoms with Gasteiger partial charge in [0, 0.05) is 13.5 Å². The number of rotatable bonds is 3. The molecule has 0 saturated heterocycles. The molecule has 2 rings (SSSR count). The van der Waals surface area contributed by atoms with E-state index in [2.05, 4.69) is 15.9 Å². The number of carbonyl (C=O) groups is 1.